The van der Waals surface area contributed by atoms with Crippen molar-refractivity contribution in [1.82, 2.24) is 10.2 Å². The number of amides is 1. The number of carbonyl (C=O) groups excluding carboxylic acids is 2. The number of ketones is 1. The zero-order chi connectivity index (χ0) is 30.6. The van der Waals surface area contributed by atoms with Gasteiger partial charge in [-0.2, -0.15) is 0 Å². The SMILES string of the molecule is CCCOc1cccc(C2/C(=C(\O)c3ccc(OC)cc3)C(=O)C(=O)N2c2nnc(SCc3cccc4ccccc34)s2)c1. The quantitative estimate of drug-likeness (QED) is 0.0564. The molecular formula is C34H29N3O5S2. The van der Waals surface area contributed by atoms with E-state index in [2.05, 4.69) is 34.5 Å². The molecule has 5 aromatic rings. The number of carbonyl (C=O) groups is 2. The van der Waals surface area contributed by atoms with E-state index in [1.165, 1.54) is 33.4 Å². The number of Topliss-reactive ketones (excluding diaryl/α,β-unsaturated/α-hetero) is 1. The smallest absolute Gasteiger partial charge is 0.301 e. The number of thioether (sulfide) groups is 1. The predicted molar refractivity (Wildman–Crippen MR) is 173 cm³/mol. The molecule has 8 nitrogen and oxygen atoms in total. The number of aliphatic hydroxyl groups excluding tert-OH is 1. The molecule has 1 atom stereocenters. The van der Waals surface area contributed by atoms with E-state index in [0.29, 0.717) is 39.3 Å². The molecule has 1 saturated heterocycles. The summed E-state index contributed by atoms with van der Waals surface area (Å²) in [6, 6.07) is 27.4. The second-order valence-electron chi connectivity index (χ2n) is 10.1. The number of aliphatic hydroxyl groups is 1. The average molecular weight is 624 g/mol. The molecule has 2 heterocycles. The largest absolute Gasteiger partial charge is 0.507 e. The molecule has 0 bridgehead atoms. The third kappa shape index (κ3) is 5.78. The van der Waals surface area contributed by atoms with Crippen LogP contribution in [-0.4, -0.2) is 40.7 Å². The van der Waals surface area contributed by atoms with Gasteiger partial charge in [0.15, 0.2) is 4.34 Å². The van der Waals surface area contributed by atoms with Gasteiger partial charge in [-0.25, -0.2) is 0 Å². The van der Waals surface area contributed by atoms with Crippen LogP contribution in [0.1, 0.15) is 36.1 Å². The van der Waals surface area contributed by atoms with Gasteiger partial charge in [0, 0.05) is 11.3 Å². The summed E-state index contributed by atoms with van der Waals surface area (Å²) < 4.78 is 11.7. The minimum Gasteiger partial charge on any atom is -0.507 e. The molecule has 0 radical (unpaired) electrons. The molecule has 1 aliphatic rings. The van der Waals surface area contributed by atoms with Gasteiger partial charge in [-0.3, -0.25) is 14.5 Å². The van der Waals surface area contributed by atoms with Crippen LogP contribution in [0.25, 0.3) is 16.5 Å². The van der Waals surface area contributed by atoms with Crippen molar-refractivity contribution in [3.05, 3.63) is 113 Å². The Kier molecular flexibility index (Phi) is 8.63. The summed E-state index contributed by atoms with van der Waals surface area (Å²) in [5.74, 6) is -0.0137. The Morgan fingerprint density at radius 3 is 2.52 bits per heavy atom. The number of hydrogen-bond donors (Lipinski definition) is 1. The highest BCUT2D eigenvalue weighted by atomic mass is 32.2. The minimum atomic E-state index is -0.939. The third-order valence-corrected chi connectivity index (χ3v) is 9.39. The standard InChI is InChI=1S/C34H29N3O5S2/c1-3-18-42-26-12-7-10-23(19-26)29-28(30(38)22-14-16-25(41-2)17-15-22)31(39)32(40)37(29)33-35-36-34(44-33)43-20-24-11-6-9-21-8-4-5-13-27(21)24/h4-17,19,29,38H,3,18,20H2,1-2H3/b30-28+. The van der Waals surface area contributed by atoms with Crippen molar-refractivity contribution in [3.8, 4) is 11.5 Å². The summed E-state index contributed by atoms with van der Waals surface area (Å²) in [6.45, 7) is 2.53. The van der Waals surface area contributed by atoms with Crippen LogP contribution in [0, 0.1) is 0 Å². The third-order valence-electron chi connectivity index (χ3n) is 7.29. The first-order valence-electron chi connectivity index (χ1n) is 14.1. The molecule has 4 aromatic carbocycles. The Balaban J connectivity index is 1.37. The average Bonchev–Trinajstić information content (AvgIpc) is 3.64. The zero-order valence-electron chi connectivity index (χ0n) is 24.1. The van der Waals surface area contributed by atoms with Crippen molar-refractivity contribution >= 4 is 56.5 Å². The van der Waals surface area contributed by atoms with Gasteiger partial charge >= 0.3 is 5.91 Å². The van der Waals surface area contributed by atoms with Crippen LogP contribution in [-0.2, 0) is 15.3 Å². The van der Waals surface area contributed by atoms with Gasteiger partial charge in [0.05, 0.1) is 25.3 Å². The number of anilines is 1. The molecular weight excluding hydrogens is 595 g/mol. The fourth-order valence-electron chi connectivity index (χ4n) is 5.16. The van der Waals surface area contributed by atoms with Crippen molar-refractivity contribution in [2.24, 2.45) is 0 Å². The van der Waals surface area contributed by atoms with E-state index in [0.717, 1.165) is 17.4 Å². The van der Waals surface area contributed by atoms with Crippen molar-refractivity contribution in [1.29, 1.82) is 0 Å². The zero-order valence-corrected chi connectivity index (χ0v) is 25.7. The van der Waals surface area contributed by atoms with Crippen LogP contribution < -0.4 is 14.4 Å². The fourth-order valence-corrected chi connectivity index (χ4v) is 7.03. The van der Waals surface area contributed by atoms with Crippen molar-refractivity contribution in [3.63, 3.8) is 0 Å². The van der Waals surface area contributed by atoms with E-state index in [1.54, 1.807) is 49.6 Å². The molecule has 1 unspecified atom stereocenters. The highest BCUT2D eigenvalue weighted by Crippen LogP contribution is 2.45. The fraction of sp³-hybridized carbons (Fsp3) is 0.176. The van der Waals surface area contributed by atoms with Gasteiger partial charge in [-0.05, 0) is 64.7 Å². The summed E-state index contributed by atoms with van der Waals surface area (Å²) in [4.78, 5) is 28.6. The number of hydrogen-bond acceptors (Lipinski definition) is 9. The van der Waals surface area contributed by atoms with E-state index in [4.69, 9.17) is 9.47 Å². The molecule has 0 aliphatic carbocycles. The van der Waals surface area contributed by atoms with Gasteiger partial charge in [0.25, 0.3) is 5.78 Å². The summed E-state index contributed by atoms with van der Waals surface area (Å²) in [7, 11) is 1.55. The molecule has 6 rings (SSSR count). The maximum absolute atomic E-state index is 13.6. The summed E-state index contributed by atoms with van der Waals surface area (Å²) in [5, 5.41) is 22.8. The molecule has 1 fully saturated rings. The number of methoxy groups -OCH3 is 1. The lowest BCUT2D eigenvalue weighted by Gasteiger charge is -2.23. The maximum Gasteiger partial charge on any atom is 0.301 e. The molecule has 1 N–H and O–H groups in total. The van der Waals surface area contributed by atoms with Crippen molar-refractivity contribution in [2.45, 2.75) is 29.5 Å². The van der Waals surface area contributed by atoms with Crippen LogP contribution in [0.3, 0.4) is 0 Å². The number of aromatic nitrogens is 2. The lowest BCUT2D eigenvalue weighted by molar-refractivity contribution is -0.132. The second kappa shape index (κ2) is 12.9. The number of nitrogens with zero attached hydrogens (tertiary/aromatic N) is 3. The summed E-state index contributed by atoms with van der Waals surface area (Å²) >= 11 is 2.75. The Labute approximate surface area is 263 Å². The van der Waals surface area contributed by atoms with Gasteiger partial charge < -0.3 is 14.6 Å². The summed E-state index contributed by atoms with van der Waals surface area (Å²) in [5.41, 5.74) is 2.12. The lowest BCUT2D eigenvalue weighted by Crippen LogP contribution is -2.29. The molecule has 44 heavy (non-hydrogen) atoms. The maximum atomic E-state index is 13.6. The molecule has 1 amide bonds. The number of rotatable bonds is 10. The van der Waals surface area contributed by atoms with Crippen LogP contribution in [0.15, 0.2) is 101 Å². The molecule has 1 aromatic heterocycles. The van der Waals surface area contributed by atoms with E-state index >= 15 is 0 Å². The minimum absolute atomic E-state index is 0.0343. The van der Waals surface area contributed by atoms with Gasteiger partial charge in [-0.1, -0.05) is 84.6 Å². The summed E-state index contributed by atoms with van der Waals surface area (Å²) in [6.07, 6.45) is 0.824. The normalized spacial score (nSPS) is 16.0. The van der Waals surface area contributed by atoms with Crippen molar-refractivity contribution in [2.75, 3.05) is 18.6 Å². The molecule has 0 saturated carbocycles. The first-order chi connectivity index (χ1) is 21.5. The molecule has 10 heteroatoms. The Bertz CT molecular complexity index is 1860. The topological polar surface area (TPSA) is 102 Å². The van der Waals surface area contributed by atoms with E-state index in [-0.39, 0.29) is 16.5 Å². The molecule has 0 spiro atoms. The predicted octanol–water partition coefficient (Wildman–Crippen LogP) is 7.41. The second-order valence-corrected chi connectivity index (χ2v) is 12.3. The Morgan fingerprint density at radius 2 is 1.73 bits per heavy atom. The Hall–Kier alpha value is -4.67. The number of ether oxygens (including phenoxy) is 2. The first kappa shape index (κ1) is 29.4. The van der Waals surface area contributed by atoms with Gasteiger partial charge in [-0.15, -0.1) is 10.2 Å². The highest BCUT2D eigenvalue weighted by molar-refractivity contribution is 8.00. The van der Waals surface area contributed by atoms with Crippen LogP contribution in [0.2, 0.25) is 0 Å². The van der Waals surface area contributed by atoms with Crippen molar-refractivity contribution < 1.29 is 24.2 Å². The van der Waals surface area contributed by atoms with Crippen LogP contribution >= 0.6 is 23.1 Å². The van der Waals surface area contributed by atoms with Gasteiger partial charge in [0.2, 0.25) is 5.13 Å². The van der Waals surface area contributed by atoms with Gasteiger partial charge in [0.1, 0.15) is 17.3 Å². The lowest BCUT2D eigenvalue weighted by atomic mass is 9.95. The van der Waals surface area contributed by atoms with E-state index in [9.17, 15) is 14.7 Å². The van der Waals surface area contributed by atoms with Crippen LogP contribution in [0.4, 0.5) is 5.13 Å². The molecule has 222 valence electrons. The first-order valence-corrected chi connectivity index (χ1v) is 15.9. The Morgan fingerprint density at radius 1 is 0.955 bits per heavy atom. The number of benzene rings is 4. The highest BCUT2D eigenvalue weighted by Gasteiger charge is 2.48. The molecule has 1 aliphatic heterocycles. The number of fused-ring (bicyclic) bond motifs is 1. The van der Waals surface area contributed by atoms with Crippen LogP contribution in [0.5, 0.6) is 11.5 Å². The van der Waals surface area contributed by atoms with E-state index in [1.807, 2.05) is 31.2 Å². The monoisotopic (exact) mass is 623 g/mol. The van der Waals surface area contributed by atoms with E-state index < -0.39 is 17.7 Å².